The Morgan fingerprint density at radius 3 is 2.40 bits per heavy atom. The van der Waals surface area contributed by atoms with Crippen molar-refractivity contribution >= 4 is 17.5 Å². The summed E-state index contributed by atoms with van der Waals surface area (Å²) in [6.07, 6.45) is 0. The molecule has 0 spiro atoms. The molecule has 0 aromatic carbocycles. The Balaban J connectivity index is 2.66. The van der Waals surface area contributed by atoms with Crippen molar-refractivity contribution in [1.29, 1.82) is 0 Å². The first-order chi connectivity index (χ1) is 9.31. The Labute approximate surface area is 115 Å². The molecule has 0 aliphatic rings. The molecule has 0 atom stereocenters. The average Bonchev–Trinajstić information content (AvgIpc) is 2.63. The summed E-state index contributed by atoms with van der Waals surface area (Å²) in [5, 5.41) is 4.19. The van der Waals surface area contributed by atoms with Gasteiger partial charge in [0.2, 0.25) is 0 Å². The van der Waals surface area contributed by atoms with E-state index in [1.807, 2.05) is 0 Å². The molecule has 2 aromatic rings. The summed E-state index contributed by atoms with van der Waals surface area (Å²) in [7, 11) is 0. The summed E-state index contributed by atoms with van der Waals surface area (Å²) < 4.78 is 1.39. The van der Waals surface area contributed by atoms with Crippen LogP contribution in [0.4, 0.5) is 5.82 Å². The molecule has 2 heterocycles. The molecule has 2 rings (SSSR count). The zero-order valence-corrected chi connectivity index (χ0v) is 11.5. The number of anilines is 1. The molecule has 2 aromatic heterocycles. The lowest BCUT2D eigenvalue weighted by molar-refractivity contribution is 0.0995. The van der Waals surface area contributed by atoms with Crippen LogP contribution in [0, 0.1) is 13.8 Å². The van der Waals surface area contributed by atoms with Crippen molar-refractivity contribution in [3.05, 3.63) is 34.8 Å². The molecular weight excluding hydrogens is 258 g/mol. The summed E-state index contributed by atoms with van der Waals surface area (Å²) >= 11 is 0. The van der Waals surface area contributed by atoms with Gasteiger partial charge in [0.25, 0.3) is 5.91 Å². The zero-order chi connectivity index (χ0) is 15.0. The van der Waals surface area contributed by atoms with Crippen molar-refractivity contribution in [1.82, 2.24) is 14.8 Å². The van der Waals surface area contributed by atoms with E-state index in [1.165, 1.54) is 11.6 Å². The third kappa shape index (κ3) is 2.25. The third-order valence-electron chi connectivity index (χ3n) is 2.89. The Bertz CT molecular complexity index is 718. The van der Waals surface area contributed by atoms with Gasteiger partial charge in [-0.15, -0.1) is 0 Å². The number of aromatic nitrogens is 3. The quantitative estimate of drug-likeness (QED) is 0.801. The van der Waals surface area contributed by atoms with E-state index in [0.717, 1.165) is 0 Å². The lowest BCUT2D eigenvalue weighted by atomic mass is 10.2. The Hall–Kier alpha value is -2.70. The molecule has 0 fully saturated rings. The van der Waals surface area contributed by atoms with Crippen molar-refractivity contribution in [3.8, 4) is 5.69 Å². The zero-order valence-electron chi connectivity index (χ0n) is 11.5. The first kappa shape index (κ1) is 13.7. The maximum absolute atomic E-state index is 11.4. The van der Waals surface area contributed by atoms with E-state index in [4.69, 9.17) is 11.5 Å². The largest absolute Gasteiger partial charge is 0.383 e. The molecule has 20 heavy (non-hydrogen) atoms. The van der Waals surface area contributed by atoms with Crippen LogP contribution in [0.15, 0.2) is 12.1 Å². The first-order valence-electron chi connectivity index (χ1n) is 5.96. The van der Waals surface area contributed by atoms with Gasteiger partial charge in [-0.05, 0) is 26.0 Å². The minimum atomic E-state index is -0.635. The number of primary amides is 1. The SMILES string of the molecule is CC(=O)c1cc(-n2nc(C)c(C(N)=O)c2N)cc(C)n1. The highest BCUT2D eigenvalue weighted by atomic mass is 16.1. The second-order valence-electron chi connectivity index (χ2n) is 4.53. The number of amides is 1. The van der Waals surface area contributed by atoms with Crippen molar-refractivity contribution in [2.75, 3.05) is 5.73 Å². The number of rotatable bonds is 3. The Morgan fingerprint density at radius 2 is 1.90 bits per heavy atom. The van der Waals surface area contributed by atoms with Crippen LogP contribution in [0.3, 0.4) is 0 Å². The third-order valence-corrected chi connectivity index (χ3v) is 2.89. The van der Waals surface area contributed by atoms with Crippen LogP contribution in [0.25, 0.3) is 5.69 Å². The molecule has 1 amide bonds. The van der Waals surface area contributed by atoms with Crippen LogP contribution >= 0.6 is 0 Å². The van der Waals surface area contributed by atoms with Gasteiger partial charge in [-0.2, -0.15) is 5.10 Å². The molecule has 7 nitrogen and oxygen atoms in total. The molecule has 0 saturated heterocycles. The number of ketones is 1. The van der Waals surface area contributed by atoms with E-state index >= 15 is 0 Å². The lowest BCUT2D eigenvalue weighted by Gasteiger charge is -2.07. The highest BCUT2D eigenvalue weighted by Gasteiger charge is 2.18. The monoisotopic (exact) mass is 273 g/mol. The van der Waals surface area contributed by atoms with Gasteiger partial charge in [0, 0.05) is 12.6 Å². The molecule has 0 aliphatic heterocycles. The number of pyridine rings is 1. The van der Waals surface area contributed by atoms with Crippen LogP contribution in [0.1, 0.15) is 39.2 Å². The van der Waals surface area contributed by atoms with E-state index in [2.05, 4.69) is 10.1 Å². The van der Waals surface area contributed by atoms with Crippen LogP contribution in [0.5, 0.6) is 0 Å². The van der Waals surface area contributed by atoms with Gasteiger partial charge in [-0.25, -0.2) is 9.67 Å². The van der Waals surface area contributed by atoms with Crippen LogP contribution in [-0.4, -0.2) is 26.5 Å². The van der Waals surface area contributed by atoms with Gasteiger partial charge in [0.05, 0.1) is 11.4 Å². The summed E-state index contributed by atoms with van der Waals surface area (Å²) in [4.78, 5) is 26.9. The minimum Gasteiger partial charge on any atom is -0.383 e. The minimum absolute atomic E-state index is 0.148. The Morgan fingerprint density at radius 1 is 1.25 bits per heavy atom. The summed E-state index contributed by atoms with van der Waals surface area (Å²) in [6.45, 7) is 4.84. The first-order valence-corrected chi connectivity index (χ1v) is 5.96. The molecule has 0 aliphatic carbocycles. The fourth-order valence-corrected chi connectivity index (χ4v) is 2.00. The van der Waals surface area contributed by atoms with Gasteiger partial charge >= 0.3 is 0 Å². The average molecular weight is 273 g/mol. The lowest BCUT2D eigenvalue weighted by Crippen LogP contribution is -2.14. The van der Waals surface area contributed by atoms with E-state index < -0.39 is 5.91 Å². The standard InChI is InChI=1S/C13H15N5O2/c1-6-4-9(5-10(16-6)8(3)19)18-12(14)11(13(15)20)7(2)17-18/h4-5H,14H2,1-3H3,(H2,15,20). The van der Waals surface area contributed by atoms with E-state index in [9.17, 15) is 9.59 Å². The second-order valence-corrected chi connectivity index (χ2v) is 4.53. The van der Waals surface area contributed by atoms with Gasteiger partial charge in [-0.3, -0.25) is 9.59 Å². The van der Waals surface area contributed by atoms with Crippen molar-refractivity contribution in [2.45, 2.75) is 20.8 Å². The van der Waals surface area contributed by atoms with Gasteiger partial charge in [0.15, 0.2) is 5.78 Å². The predicted octanol–water partition coefficient (Wildman–Crippen LogP) is 0.768. The smallest absolute Gasteiger partial charge is 0.254 e. The van der Waals surface area contributed by atoms with Gasteiger partial charge in [-0.1, -0.05) is 0 Å². The number of carbonyl (C=O) groups is 2. The number of aryl methyl sites for hydroxylation is 2. The molecule has 0 unspecified atom stereocenters. The Kier molecular flexibility index (Phi) is 3.27. The molecule has 7 heteroatoms. The number of carbonyl (C=O) groups excluding carboxylic acids is 2. The van der Waals surface area contributed by atoms with Crippen molar-refractivity contribution < 1.29 is 9.59 Å². The number of nitrogens with two attached hydrogens (primary N) is 2. The van der Waals surface area contributed by atoms with E-state index in [1.54, 1.807) is 26.0 Å². The summed E-state index contributed by atoms with van der Waals surface area (Å²) in [6, 6.07) is 3.29. The maximum atomic E-state index is 11.4. The summed E-state index contributed by atoms with van der Waals surface area (Å²) in [5.74, 6) is -0.647. The highest BCUT2D eigenvalue weighted by Crippen LogP contribution is 2.21. The summed E-state index contributed by atoms with van der Waals surface area (Å²) in [5.41, 5.74) is 13.3. The molecule has 0 radical (unpaired) electrons. The second kappa shape index (κ2) is 4.76. The molecule has 0 bridgehead atoms. The molecular formula is C13H15N5O2. The van der Waals surface area contributed by atoms with Gasteiger partial charge < -0.3 is 11.5 Å². The number of hydrogen-bond donors (Lipinski definition) is 2. The predicted molar refractivity (Wildman–Crippen MR) is 73.8 cm³/mol. The number of nitrogens with zero attached hydrogens (tertiary/aromatic N) is 3. The van der Waals surface area contributed by atoms with Crippen molar-refractivity contribution in [2.24, 2.45) is 5.73 Å². The number of hydrogen-bond acceptors (Lipinski definition) is 5. The fourth-order valence-electron chi connectivity index (χ4n) is 2.00. The fraction of sp³-hybridized carbons (Fsp3) is 0.231. The molecule has 0 saturated carbocycles. The van der Waals surface area contributed by atoms with Crippen LogP contribution in [-0.2, 0) is 0 Å². The number of nitrogen functional groups attached to an aromatic ring is 1. The molecule has 104 valence electrons. The molecule has 4 N–H and O–H groups in total. The topological polar surface area (TPSA) is 117 Å². The van der Waals surface area contributed by atoms with Crippen LogP contribution < -0.4 is 11.5 Å². The maximum Gasteiger partial charge on any atom is 0.254 e. The van der Waals surface area contributed by atoms with Crippen molar-refractivity contribution in [3.63, 3.8) is 0 Å². The van der Waals surface area contributed by atoms with E-state index in [0.29, 0.717) is 22.8 Å². The highest BCUT2D eigenvalue weighted by molar-refractivity contribution is 5.98. The van der Waals surface area contributed by atoms with Gasteiger partial charge in [0.1, 0.15) is 17.1 Å². The van der Waals surface area contributed by atoms with Crippen LogP contribution in [0.2, 0.25) is 0 Å². The number of Topliss-reactive ketones (excluding diaryl/α,β-unsaturated/α-hetero) is 1. The van der Waals surface area contributed by atoms with E-state index in [-0.39, 0.29) is 17.2 Å². The normalized spacial score (nSPS) is 10.6.